The molecule has 1 saturated carbocycles. The molecule has 0 aromatic heterocycles. The van der Waals surface area contributed by atoms with Gasteiger partial charge in [-0.15, -0.1) is 0 Å². The van der Waals surface area contributed by atoms with Gasteiger partial charge in [-0.2, -0.15) is 0 Å². The van der Waals surface area contributed by atoms with Gasteiger partial charge in [0.25, 0.3) is 0 Å². The van der Waals surface area contributed by atoms with Crippen LogP contribution in [-0.2, 0) is 4.79 Å². The molecule has 2 fully saturated rings. The largest absolute Gasteiger partial charge is 0.360 e. The van der Waals surface area contributed by atoms with Crippen LogP contribution in [0.25, 0.3) is 0 Å². The Morgan fingerprint density at radius 1 is 1.39 bits per heavy atom. The van der Waals surface area contributed by atoms with E-state index in [0.717, 1.165) is 24.1 Å². The van der Waals surface area contributed by atoms with Crippen LogP contribution in [-0.4, -0.2) is 47.4 Å². The van der Waals surface area contributed by atoms with Crippen LogP contribution in [0.15, 0.2) is 4.99 Å². The predicted octanol–water partition coefficient (Wildman–Crippen LogP) is 1.47. The van der Waals surface area contributed by atoms with E-state index in [1.165, 1.54) is 25.0 Å². The van der Waals surface area contributed by atoms with Gasteiger partial charge in [0.2, 0.25) is 5.91 Å². The van der Waals surface area contributed by atoms with Crippen LogP contribution in [0.4, 0.5) is 0 Å². The third kappa shape index (κ3) is 2.51. The molecule has 0 aromatic carbocycles. The fourth-order valence-corrected chi connectivity index (χ4v) is 4.36. The van der Waals surface area contributed by atoms with Crippen LogP contribution >= 0.6 is 11.8 Å². The summed E-state index contributed by atoms with van der Waals surface area (Å²) in [6, 6.07) is 0.952. The number of nitrogens with one attached hydrogen (secondary N) is 1. The number of fused-ring (bicyclic) bond motifs is 1. The first-order valence-corrected chi connectivity index (χ1v) is 7.92. The molecule has 0 aromatic rings. The van der Waals surface area contributed by atoms with Crippen LogP contribution in [0, 0.1) is 5.92 Å². The first-order valence-electron chi connectivity index (χ1n) is 6.93. The van der Waals surface area contributed by atoms with E-state index in [1.54, 1.807) is 0 Å². The minimum absolute atomic E-state index is 0.266. The number of likely N-dealkylation sites (N-methyl/N-ethyl adjacent to an activating group) is 1. The van der Waals surface area contributed by atoms with E-state index in [4.69, 9.17) is 4.99 Å². The molecule has 0 radical (unpaired) electrons. The Morgan fingerprint density at radius 2 is 2.28 bits per heavy atom. The number of carbonyl (C=O) groups excluding carboxylic acids is 1. The Bertz CT molecular complexity index is 371. The second kappa shape index (κ2) is 5.11. The Kier molecular flexibility index (Phi) is 3.50. The fraction of sp³-hybridized carbons (Fsp3) is 0.846. The van der Waals surface area contributed by atoms with E-state index in [2.05, 4.69) is 5.32 Å². The Balaban J connectivity index is 1.58. The van der Waals surface area contributed by atoms with Gasteiger partial charge >= 0.3 is 0 Å². The molecular weight excluding hydrogens is 246 g/mol. The summed E-state index contributed by atoms with van der Waals surface area (Å²) < 4.78 is 0. The second-order valence-corrected chi connectivity index (χ2v) is 6.67. The van der Waals surface area contributed by atoms with Crippen molar-refractivity contribution in [1.82, 2.24) is 10.2 Å². The van der Waals surface area contributed by atoms with Crippen molar-refractivity contribution in [2.24, 2.45) is 10.9 Å². The maximum Gasteiger partial charge on any atom is 0.222 e. The summed E-state index contributed by atoms with van der Waals surface area (Å²) in [6.45, 7) is 0.812. The molecule has 3 aliphatic rings. The van der Waals surface area contributed by atoms with Crippen molar-refractivity contribution in [3.63, 3.8) is 0 Å². The third-order valence-electron chi connectivity index (χ3n) is 4.29. The topological polar surface area (TPSA) is 44.7 Å². The number of nitrogens with zero attached hydrogens (tertiary/aromatic N) is 2. The van der Waals surface area contributed by atoms with Gasteiger partial charge in [-0.1, -0.05) is 18.2 Å². The van der Waals surface area contributed by atoms with E-state index < -0.39 is 0 Å². The lowest BCUT2D eigenvalue weighted by Crippen LogP contribution is -2.48. The van der Waals surface area contributed by atoms with E-state index in [-0.39, 0.29) is 5.91 Å². The molecule has 4 nitrogen and oxygen atoms in total. The van der Waals surface area contributed by atoms with Crippen molar-refractivity contribution < 1.29 is 4.79 Å². The van der Waals surface area contributed by atoms with E-state index >= 15 is 0 Å². The second-order valence-electron chi connectivity index (χ2n) is 5.66. The molecule has 3 rings (SSSR count). The molecule has 1 amide bonds. The van der Waals surface area contributed by atoms with Gasteiger partial charge in [-0.05, 0) is 25.2 Å². The molecule has 18 heavy (non-hydrogen) atoms. The number of piperidine rings is 1. The van der Waals surface area contributed by atoms with Crippen LogP contribution < -0.4 is 5.32 Å². The smallest absolute Gasteiger partial charge is 0.222 e. The SMILES string of the molecule is CN1CC(NC2=NC3CCCC3CS2)CCC1=O. The summed E-state index contributed by atoms with van der Waals surface area (Å²) in [6.07, 6.45) is 5.57. The van der Waals surface area contributed by atoms with Gasteiger partial charge in [0.1, 0.15) is 0 Å². The zero-order valence-electron chi connectivity index (χ0n) is 10.9. The lowest BCUT2D eigenvalue weighted by Gasteiger charge is -2.32. The average molecular weight is 267 g/mol. The number of hydrogen-bond acceptors (Lipinski definition) is 4. The molecule has 1 aliphatic carbocycles. The fourth-order valence-electron chi connectivity index (χ4n) is 3.14. The summed E-state index contributed by atoms with van der Waals surface area (Å²) in [4.78, 5) is 18.1. The third-order valence-corrected chi connectivity index (χ3v) is 5.38. The van der Waals surface area contributed by atoms with Gasteiger partial charge in [0.15, 0.2) is 5.17 Å². The molecule has 1 saturated heterocycles. The van der Waals surface area contributed by atoms with E-state index in [1.807, 2.05) is 23.7 Å². The first kappa shape index (κ1) is 12.3. The number of carbonyl (C=O) groups is 1. The highest BCUT2D eigenvalue weighted by atomic mass is 32.2. The zero-order valence-corrected chi connectivity index (χ0v) is 11.7. The summed E-state index contributed by atoms with van der Waals surface area (Å²) in [5, 5.41) is 4.66. The minimum atomic E-state index is 0.266. The van der Waals surface area contributed by atoms with Crippen molar-refractivity contribution in [1.29, 1.82) is 0 Å². The molecule has 3 unspecified atom stereocenters. The number of amidine groups is 1. The number of likely N-dealkylation sites (tertiary alicyclic amines) is 1. The highest BCUT2D eigenvalue weighted by Gasteiger charge is 2.32. The van der Waals surface area contributed by atoms with Gasteiger partial charge in [-0.3, -0.25) is 9.79 Å². The molecule has 2 heterocycles. The molecule has 2 aliphatic heterocycles. The summed E-state index contributed by atoms with van der Waals surface area (Å²) in [5.41, 5.74) is 0. The molecule has 3 atom stereocenters. The number of rotatable bonds is 1. The van der Waals surface area contributed by atoms with E-state index in [9.17, 15) is 4.79 Å². The summed E-state index contributed by atoms with van der Waals surface area (Å²) in [5.74, 6) is 2.30. The van der Waals surface area contributed by atoms with Crippen LogP contribution in [0.3, 0.4) is 0 Å². The minimum Gasteiger partial charge on any atom is -0.360 e. The normalized spacial score (nSPS) is 36.3. The maximum absolute atomic E-state index is 11.4. The molecule has 0 spiro atoms. The Labute approximate surface area is 113 Å². The lowest BCUT2D eigenvalue weighted by atomic mass is 10.1. The highest BCUT2D eigenvalue weighted by molar-refractivity contribution is 8.13. The number of thioether (sulfide) groups is 1. The first-order chi connectivity index (χ1) is 8.72. The van der Waals surface area contributed by atoms with Gasteiger partial charge in [-0.25, -0.2) is 0 Å². The van der Waals surface area contributed by atoms with Gasteiger partial charge < -0.3 is 10.2 Å². The van der Waals surface area contributed by atoms with Crippen molar-refractivity contribution in [3.8, 4) is 0 Å². The average Bonchev–Trinajstić information content (AvgIpc) is 2.81. The van der Waals surface area contributed by atoms with Crippen LogP contribution in [0.2, 0.25) is 0 Å². The standard InChI is InChI=1S/C13H21N3OS/c1-16-7-10(5-6-12(16)17)14-13-15-11-4-2-3-9(11)8-18-13/h9-11H,2-8H2,1H3,(H,14,15). The molecule has 5 heteroatoms. The van der Waals surface area contributed by atoms with Gasteiger partial charge in [0.05, 0.1) is 6.04 Å². The number of aliphatic imine (C=N–C) groups is 1. The number of amides is 1. The van der Waals surface area contributed by atoms with Crippen LogP contribution in [0.5, 0.6) is 0 Å². The van der Waals surface area contributed by atoms with Crippen LogP contribution in [0.1, 0.15) is 32.1 Å². The Hall–Kier alpha value is -0.710. The highest BCUT2D eigenvalue weighted by Crippen LogP contribution is 2.35. The van der Waals surface area contributed by atoms with Crippen molar-refractivity contribution in [2.45, 2.75) is 44.2 Å². The number of hydrogen-bond donors (Lipinski definition) is 1. The monoisotopic (exact) mass is 267 g/mol. The van der Waals surface area contributed by atoms with E-state index in [0.29, 0.717) is 18.5 Å². The molecule has 0 bridgehead atoms. The lowest BCUT2D eigenvalue weighted by molar-refractivity contribution is -0.132. The molecular formula is C13H21N3OS. The molecule has 100 valence electrons. The molecule has 1 N–H and O–H groups in total. The zero-order chi connectivity index (χ0) is 12.5. The maximum atomic E-state index is 11.4. The summed E-state index contributed by atoms with van der Waals surface area (Å²) in [7, 11) is 1.89. The van der Waals surface area contributed by atoms with Crippen molar-refractivity contribution >= 4 is 22.8 Å². The predicted molar refractivity (Wildman–Crippen MR) is 74.8 cm³/mol. The quantitative estimate of drug-likeness (QED) is 0.782. The van der Waals surface area contributed by atoms with Crippen molar-refractivity contribution in [3.05, 3.63) is 0 Å². The summed E-state index contributed by atoms with van der Waals surface area (Å²) >= 11 is 1.87. The van der Waals surface area contributed by atoms with Gasteiger partial charge in [0, 0.05) is 31.8 Å². The Morgan fingerprint density at radius 3 is 3.11 bits per heavy atom. The van der Waals surface area contributed by atoms with Crippen molar-refractivity contribution in [2.75, 3.05) is 19.3 Å².